The first-order valence-electron chi connectivity index (χ1n) is 6.26. The molecule has 1 atom stereocenters. The molecule has 2 nitrogen and oxygen atoms in total. The number of benzene rings is 1. The molecule has 0 amide bonds. The molecular weight excluding hydrogens is 256 g/mol. The molecule has 2 aromatic rings. The molecular formula is C16H13ClN2. The van der Waals surface area contributed by atoms with Gasteiger partial charge in [0, 0.05) is 11.5 Å². The van der Waals surface area contributed by atoms with Crippen LogP contribution in [-0.2, 0) is 0 Å². The SMILES string of the molecule is Clc1nc(-c2ccccc2)cc(C2C=CC=CC2)n1. The van der Waals surface area contributed by atoms with Crippen LogP contribution in [0.25, 0.3) is 11.3 Å². The Kier molecular flexibility index (Phi) is 3.43. The Morgan fingerprint density at radius 2 is 1.89 bits per heavy atom. The van der Waals surface area contributed by atoms with E-state index in [2.05, 4.69) is 28.2 Å². The molecule has 0 saturated carbocycles. The third-order valence-corrected chi connectivity index (χ3v) is 3.32. The minimum atomic E-state index is 0.285. The monoisotopic (exact) mass is 268 g/mol. The summed E-state index contributed by atoms with van der Waals surface area (Å²) >= 11 is 6.05. The number of rotatable bonds is 2. The maximum absolute atomic E-state index is 6.05. The lowest BCUT2D eigenvalue weighted by Gasteiger charge is -2.13. The summed E-state index contributed by atoms with van der Waals surface area (Å²) < 4.78 is 0. The van der Waals surface area contributed by atoms with Crippen LogP contribution in [0.2, 0.25) is 5.28 Å². The van der Waals surface area contributed by atoms with Crippen molar-refractivity contribution < 1.29 is 0 Å². The van der Waals surface area contributed by atoms with Gasteiger partial charge >= 0.3 is 0 Å². The van der Waals surface area contributed by atoms with Gasteiger partial charge in [0.15, 0.2) is 0 Å². The van der Waals surface area contributed by atoms with Crippen molar-refractivity contribution in [2.45, 2.75) is 12.3 Å². The fourth-order valence-corrected chi connectivity index (χ4v) is 2.37. The summed E-state index contributed by atoms with van der Waals surface area (Å²) in [4.78, 5) is 8.66. The fourth-order valence-electron chi connectivity index (χ4n) is 2.18. The molecule has 0 saturated heterocycles. The average molecular weight is 269 g/mol. The van der Waals surface area contributed by atoms with Crippen molar-refractivity contribution in [1.82, 2.24) is 9.97 Å². The van der Waals surface area contributed by atoms with Gasteiger partial charge in [-0.2, -0.15) is 0 Å². The Hall–Kier alpha value is -1.93. The Morgan fingerprint density at radius 1 is 1.05 bits per heavy atom. The van der Waals surface area contributed by atoms with Crippen molar-refractivity contribution in [2.24, 2.45) is 0 Å². The minimum absolute atomic E-state index is 0.285. The molecule has 19 heavy (non-hydrogen) atoms. The second-order valence-corrected chi connectivity index (χ2v) is 4.81. The summed E-state index contributed by atoms with van der Waals surface area (Å²) in [7, 11) is 0. The topological polar surface area (TPSA) is 25.8 Å². The highest BCUT2D eigenvalue weighted by Crippen LogP contribution is 2.27. The van der Waals surface area contributed by atoms with Gasteiger partial charge in [-0.25, -0.2) is 9.97 Å². The largest absolute Gasteiger partial charge is 0.223 e. The molecule has 3 heteroatoms. The summed E-state index contributed by atoms with van der Waals surface area (Å²) in [6, 6.07) is 12.1. The maximum atomic E-state index is 6.05. The molecule has 0 spiro atoms. The summed E-state index contributed by atoms with van der Waals surface area (Å²) in [5.41, 5.74) is 2.90. The molecule has 0 fully saturated rings. The Balaban J connectivity index is 2.01. The maximum Gasteiger partial charge on any atom is 0.223 e. The normalized spacial score (nSPS) is 17.6. The van der Waals surface area contributed by atoms with Crippen LogP contribution >= 0.6 is 11.6 Å². The first kappa shape index (κ1) is 12.1. The van der Waals surface area contributed by atoms with Crippen LogP contribution < -0.4 is 0 Å². The molecule has 3 rings (SSSR count). The van der Waals surface area contributed by atoms with Crippen molar-refractivity contribution in [1.29, 1.82) is 0 Å². The highest BCUT2D eigenvalue weighted by Gasteiger charge is 2.13. The molecule has 1 aliphatic carbocycles. The van der Waals surface area contributed by atoms with Gasteiger partial charge in [-0.1, -0.05) is 54.6 Å². The van der Waals surface area contributed by atoms with Gasteiger partial charge in [0.05, 0.1) is 11.4 Å². The summed E-state index contributed by atoms with van der Waals surface area (Å²) in [6.45, 7) is 0. The first-order valence-corrected chi connectivity index (χ1v) is 6.64. The lowest BCUT2D eigenvalue weighted by Crippen LogP contribution is -2.02. The van der Waals surface area contributed by atoms with Crippen molar-refractivity contribution in [3.63, 3.8) is 0 Å². The molecule has 1 aliphatic rings. The molecule has 0 aliphatic heterocycles. The van der Waals surface area contributed by atoms with Crippen molar-refractivity contribution >= 4 is 11.6 Å². The van der Waals surface area contributed by atoms with Crippen LogP contribution in [0, 0.1) is 0 Å². The Labute approximate surface area is 117 Å². The smallest absolute Gasteiger partial charge is 0.222 e. The van der Waals surface area contributed by atoms with E-state index in [-0.39, 0.29) is 5.92 Å². The second-order valence-electron chi connectivity index (χ2n) is 4.47. The predicted octanol–water partition coefficient (Wildman–Crippen LogP) is 4.40. The zero-order valence-electron chi connectivity index (χ0n) is 10.3. The standard InChI is InChI=1S/C16H13ClN2/c17-16-18-14(12-7-3-1-4-8-12)11-15(19-16)13-9-5-2-6-10-13/h1-9,11,13H,10H2. The summed E-state index contributed by atoms with van der Waals surface area (Å²) in [5, 5.41) is 0.305. The lowest BCUT2D eigenvalue weighted by molar-refractivity contribution is 0.809. The van der Waals surface area contributed by atoms with Crippen LogP contribution in [0.15, 0.2) is 60.7 Å². The zero-order chi connectivity index (χ0) is 13.1. The predicted molar refractivity (Wildman–Crippen MR) is 78.1 cm³/mol. The summed E-state index contributed by atoms with van der Waals surface area (Å²) in [5.74, 6) is 0.285. The summed E-state index contributed by atoms with van der Waals surface area (Å²) in [6.07, 6.45) is 9.35. The number of allylic oxidation sites excluding steroid dienone is 4. The third kappa shape index (κ3) is 2.74. The molecule has 1 unspecified atom stereocenters. The molecule has 0 N–H and O–H groups in total. The van der Waals surface area contributed by atoms with Crippen LogP contribution in [0.1, 0.15) is 18.0 Å². The van der Waals surface area contributed by atoms with E-state index in [1.807, 2.05) is 42.5 Å². The van der Waals surface area contributed by atoms with Gasteiger partial charge in [0.25, 0.3) is 0 Å². The van der Waals surface area contributed by atoms with Gasteiger partial charge < -0.3 is 0 Å². The minimum Gasteiger partial charge on any atom is -0.222 e. The zero-order valence-corrected chi connectivity index (χ0v) is 11.1. The van der Waals surface area contributed by atoms with Gasteiger partial charge in [-0.15, -0.1) is 0 Å². The molecule has 1 aromatic carbocycles. The van der Waals surface area contributed by atoms with Gasteiger partial charge in [0.2, 0.25) is 5.28 Å². The molecule has 0 bridgehead atoms. The average Bonchev–Trinajstić information content (AvgIpc) is 2.48. The van der Waals surface area contributed by atoms with E-state index >= 15 is 0 Å². The fraction of sp³-hybridized carbons (Fsp3) is 0.125. The van der Waals surface area contributed by atoms with Crippen molar-refractivity contribution in [3.8, 4) is 11.3 Å². The molecule has 1 aromatic heterocycles. The number of nitrogens with zero attached hydrogens (tertiary/aromatic N) is 2. The van der Waals surface area contributed by atoms with Crippen LogP contribution in [-0.4, -0.2) is 9.97 Å². The second kappa shape index (κ2) is 5.37. The number of aromatic nitrogens is 2. The highest BCUT2D eigenvalue weighted by molar-refractivity contribution is 6.28. The van der Waals surface area contributed by atoms with Crippen LogP contribution in [0.3, 0.4) is 0 Å². The Bertz CT molecular complexity index is 632. The Morgan fingerprint density at radius 3 is 2.63 bits per heavy atom. The van der Waals surface area contributed by atoms with E-state index in [0.29, 0.717) is 5.28 Å². The lowest BCUT2D eigenvalue weighted by atomic mass is 9.96. The van der Waals surface area contributed by atoms with Crippen molar-refractivity contribution in [3.05, 3.63) is 71.7 Å². The van der Waals surface area contributed by atoms with Gasteiger partial charge in [-0.05, 0) is 24.1 Å². The van der Waals surface area contributed by atoms with Gasteiger partial charge in [-0.3, -0.25) is 0 Å². The van der Waals surface area contributed by atoms with E-state index < -0.39 is 0 Å². The molecule has 94 valence electrons. The number of hydrogen-bond acceptors (Lipinski definition) is 2. The quantitative estimate of drug-likeness (QED) is 0.755. The van der Waals surface area contributed by atoms with E-state index in [4.69, 9.17) is 11.6 Å². The molecule has 0 radical (unpaired) electrons. The van der Waals surface area contributed by atoms with E-state index in [0.717, 1.165) is 23.4 Å². The van der Waals surface area contributed by atoms with Crippen LogP contribution in [0.4, 0.5) is 0 Å². The highest BCUT2D eigenvalue weighted by atomic mass is 35.5. The van der Waals surface area contributed by atoms with Crippen LogP contribution in [0.5, 0.6) is 0 Å². The van der Waals surface area contributed by atoms with E-state index in [1.165, 1.54) is 0 Å². The molecule has 1 heterocycles. The van der Waals surface area contributed by atoms with E-state index in [1.54, 1.807) is 0 Å². The van der Waals surface area contributed by atoms with Gasteiger partial charge in [0.1, 0.15) is 0 Å². The van der Waals surface area contributed by atoms with Crippen molar-refractivity contribution in [2.75, 3.05) is 0 Å². The number of halogens is 1. The first-order chi connectivity index (χ1) is 9.33. The third-order valence-electron chi connectivity index (χ3n) is 3.15. The number of hydrogen-bond donors (Lipinski definition) is 0. The van der Waals surface area contributed by atoms with E-state index in [9.17, 15) is 0 Å².